The quantitative estimate of drug-likeness (QED) is 0.810. The van der Waals surface area contributed by atoms with Crippen molar-refractivity contribution in [1.29, 1.82) is 0 Å². The maximum Gasteiger partial charge on any atom is 0.0214 e. The van der Waals surface area contributed by atoms with Crippen LogP contribution in [0.25, 0.3) is 10.8 Å². The lowest BCUT2D eigenvalue weighted by Crippen LogP contribution is -2.32. The molecule has 1 nitrogen and oxygen atoms in total. The molecule has 0 bridgehead atoms. The highest BCUT2D eigenvalue weighted by Crippen LogP contribution is 2.18. The van der Waals surface area contributed by atoms with Crippen molar-refractivity contribution in [3.63, 3.8) is 0 Å². The summed E-state index contributed by atoms with van der Waals surface area (Å²) in [7, 11) is 0. The summed E-state index contributed by atoms with van der Waals surface area (Å²) in [6, 6.07) is 15.6. The summed E-state index contributed by atoms with van der Waals surface area (Å²) in [6.45, 7) is 5.44. The second-order valence-corrected chi connectivity index (χ2v) is 5.59. The Hall–Kier alpha value is -0.860. The second kappa shape index (κ2) is 6.35. The zero-order valence-corrected chi connectivity index (χ0v) is 12.6. The van der Waals surface area contributed by atoms with Crippen LogP contribution in [0.5, 0.6) is 0 Å². The summed E-state index contributed by atoms with van der Waals surface area (Å²) in [5.41, 5.74) is 1.38. The van der Waals surface area contributed by atoms with Gasteiger partial charge in [-0.25, -0.2) is 0 Å². The van der Waals surface area contributed by atoms with Crippen LogP contribution in [-0.4, -0.2) is 11.4 Å². The molecule has 1 N–H and O–H groups in total. The summed E-state index contributed by atoms with van der Waals surface area (Å²) in [5.74, 6) is 0.639. The summed E-state index contributed by atoms with van der Waals surface area (Å²) < 4.78 is 0. The van der Waals surface area contributed by atoms with Gasteiger partial charge in [-0.05, 0) is 29.2 Å². The van der Waals surface area contributed by atoms with Gasteiger partial charge in [0.15, 0.2) is 0 Å². The Balaban J connectivity index is 2.12. The van der Waals surface area contributed by atoms with Crippen molar-refractivity contribution >= 4 is 26.7 Å². The maximum absolute atomic E-state index is 3.61. The van der Waals surface area contributed by atoms with Gasteiger partial charge in [0.05, 0.1) is 0 Å². The SMILES string of the molecule is CC(CBr)C(C)NCc1cccc2ccccc12. The van der Waals surface area contributed by atoms with Gasteiger partial charge >= 0.3 is 0 Å². The van der Waals surface area contributed by atoms with Crippen molar-refractivity contribution < 1.29 is 0 Å². The van der Waals surface area contributed by atoms with Crippen LogP contribution in [0.2, 0.25) is 0 Å². The molecule has 0 aliphatic heterocycles. The standard InChI is InChI=1S/C16H20BrN/c1-12(10-17)13(2)18-11-15-8-5-7-14-6-3-4-9-16(14)15/h3-9,12-13,18H,10-11H2,1-2H3. The normalized spacial score (nSPS) is 14.6. The molecule has 0 aliphatic carbocycles. The predicted octanol–water partition coefficient (Wildman–Crippen LogP) is 4.35. The fourth-order valence-electron chi connectivity index (χ4n) is 2.05. The van der Waals surface area contributed by atoms with E-state index < -0.39 is 0 Å². The third-order valence-electron chi connectivity index (χ3n) is 3.59. The van der Waals surface area contributed by atoms with Crippen LogP contribution in [-0.2, 0) is 6.54 Å². The molecule has 96 valence electrons. The number of alkyl halides is 1. The van der Waals surface area contributed by atoms with E-state index in [2.05, 4.69) is 77.6 Å². The van der Waals surface area contributed by atoms with E-state index in [-0.39, 0.29) is 0 Å². The molecule has 2 atom stereocenters. The first-order valence-electron chi connectivity index (χ1n) is 6.48. The Morgan fingerprint density at radius 1 is 1.06 bits per heavy atom. The number of benzene rings is 2. The second-order valence-electron chi connectivity index (χ2n) is 4.94. The van der Waals surface area contributed by atoms with E-state index in [1.807, 2.05) is 0 Å². The van der Waals surface area contributed by atoms with E-state index in [9.17, 15) is 0 Å². The minimum absolute atomic E-state index is 0.517. The Morgan fingerprint density at radius 2 is 1.78 bits per heavy atom. The third-order valence-corrected chi connectivity index (χ3v) is 4.61. The number of rotatable bonds is 5. The number of fused-ring (bicyclic) bond motifs is 1. The fourth-order valence-corrected chi connectivity index (χ4v) is 2.61. The zero-order valence-electron chi connectivity index (χ0n) is 11.0. The third kappa shape index (κ3) is 3.12. The smallest absolute Gasteiger partial charge is 0.0214 e. The molecule has 0 spiro atoms. The molecule has 0 saturated carbocycles. The van der Waals surface area contributed by atoms with Gasteiger partial charge in [0.2, 0.25) is 0 Å². The first kappa shape index (κ1) is 13.6. The molecule has 2 aromatic rings. The molecular weight excluding hydrogens is 286 g/mol. The van der Waals surface area contributed by atoms with E-state index in [1.165, 1.54) is 16.3 Å². The molecule has 0 amide bonds. The molecule has 18 heavy (non-hydrogen) atoms. The van der Waals surface area contributed by atoms with Gasteiger partial charge in [-0.2, -0.15) is 0 Å². The molecule has 0 heterocycles. The first-order valence-corrected chi connectivity index (χ1v) is 7.60. The van der Waals surface area contributed by atoms with Crippen LogP contribution in [0.1, 0.15) is 19.4 Å². The molecule has 2 aromatic carbocycles. The Morgan fingerprint density at radius 3 is 2.56 bits per heavy atom. The monoisotopic (exact) mass is 305 g/mol. The highest BCUT2D eigenvalue weighted by molar-refractivity contribution is 9.09. The van der Waals surface area contributed by atoms with Crippen LogP contribution in [0, 0.1) is 5.92 Å². The number of hydrogen-bond acceptors (Lipinski definition) is 1. The van der Waals surface area contributed by atoms with Gasteiger partial charge in [-0.1, -0.05) is 65.3 Å². The van der Waals surface area contributed by atoms with Crippen molar-refractivity contribution in [2.45, 2.75) is 26.4 Å². The van der Waals surface area contributed by atoms with Crippen LogP contribution in [0.15, 0.2) is 42.5 Å². The van der Waals surface area contributed by atoms with Crippen molar-refractivity contribution in [2.24, 2.45) is 5.92 Å². The molecule has 0 saturated heterocycles. The van der Waals surface area contributed by atoms with Crippen molar-refractivity contribution in [3.05, 3.63) is 48.0 Å². The lowest BCUT2D eigenvalue weighted by Gasteiger charge is -2.19. The molecule has 2 unspecified atom stereocenters. The molecule has 0 aliphatic rings. The largest absolute Gasteiger partial charge is 0.310 e. The Kier molecular flexibility index (Phi) is 4.79. The van der Waals surface area contributed by atoms with E-state index in [4.69, 9.17) is 0 Å². The van der Waals surface area contributed by atoms with Gasteiger partial charge in [-0.3, -0.25) is 0 Å². The summed E-state index contributed by atoms with van der Waals surface area (Å²) in [6.07, 6.45) is 0. The van der Waals surface area contributed by atoms with Gasteiger partial charge in [0.25, 0.3) is 0 Å². The number of hydrogen-bond donors (Lipinski definition) is 1. The lowest BCUT2D eigenvalue weighted by molar-refractivity contribution is 0.434. The lowest BCUT2D eigenvalue weighted by atomic mass is 10.0. The minimum atomic E-state index is 0.517. The van der Waals surface area contributed by atoms with E-state index >= 15 is 0 Å². The molecule has 2 heteroatoms. The highest BCUT2D eigenvalue weighted by atomic mass is 79.9. The topological polar surface area (TPSA) is 12.0 Å². The van der Waals surface area contributed by atoms with Gasteiger partial charge in [0, 0.05) is 17.9 Å². The Bertz CT molecular complexity index is 504. The first-order chi connectivity index (χ1) is 8.72. The molecule has 0 fully saturated rings. The van der Waals surface area contributed by atoms with Gasteiger partial charge in [0.1, 0.15) is 0 Å². The molecule has 2 rings (SSSR count). The molecule has 0 aromatic heterocycles. The summed E-state index contributed by atoms with van der Waals surface area (Å²) in [5, 5.41) is 7.32. The van der Waals surface area contributed by atoms with Crippen molar-refractivity contribution in [3.8, 4) is 0 Å². The fraction of sp³-hybridized carbons (Fsp3) is 0.375. The van der Waals surface area contributed by atoms with Crippen LogP contribution in [0.4, 0.5) is 0 Å². The average Bonchev–Trinajstić information content (AvgIpc) is 2.43. The summed E-state index contributed by atoms with van der Waals surface area (Å²) >= 11 is 3.54. The number of halogens is 1. The van der Waals surface area contributed by atoms with E-state index in [0.717, 1.165) is 11.9 Å². The van der Waals surface area contributed by atoms with Crippen LogP contribution < -0.4 is 5.32 Å². The van der Waals surface area contributed by atoms with Gasteiger partial charge in [-0.15, -0.1) is 0 Å². The molecular formula is C16H20BrN. The molecule has 0 radical (unpaired) electrons. The number of nitrogens with one attached hydrogen (secondary N) is 1. The van der Waals surface area contributed by atoms with Crippen LogP contribution >= 0.6 is 15.9 Å². The minimum Gasteiger partial charge on any atom is -0.310 e. The van der Waals surface area contributed by atoms with Gasteiger partial charge < -0.3 is 5.32 Å². The van der Waals surface area contributed by atoms with Crippen LogP contribution in [0.3, 0.4) is 0 Å². The predicted molar refractivity (Wildman–Crippen MR) is 83.2 cm³/mol. The highest BCUT2D eigenvalue weighted by Gasteiger charge is 2.10. The zero-order chi connectivity index (χ0) is 13.0. The average molecular weight is 306 g/mol. The van der Waals surface area contributed by atoms with Crippen molar-refractivity contribution in [2.75, 3.05) is 5.33 Å². The Labute approximate surface area is 118 Å². The van der Waals surface area contributed by atoms with E-state index in [1.54, 1.807) is 0 Å². The van der Waals surface area contributed by atoms with E-state index in [0.29, 0.717) is 12.0 Å². The summed E-state index contributed by atoms with van der Waals surface area (Å²) in [4.78, 5) is 0. The van der Waals surface area contributed by atoms with Crippen molar-refractivity contribution in [1.82, 2.24) is 5.32 Å². The maximum atomic E-state index is 3.61.